The van der Waals surface area contributed by atoms with Gasteiger partial charge in [0.2, 0.25) is 0 Å². The molecule has 9 heavy (non-hydrogen) atoms. The van der Waals surface area contributed by atoms with Crippen molar-refractivity contribution in [2.45, 2.75) is 0 Å². The molecule has 0 fully saturated rings. The topological polar surface area (TPSA) is 36.2 Å². The summed E-state index contributed by atoms with van der Waals surface area (Å²) in [7, 11) is 0. The van der Waals surface area contributed by atoms with Crippen molar-refractivity contribution in [1.29, 1.82) is 5.41 Å². The van der Waals surface area contributed by atoms with Crippen LogP contribution in [0.25, 0.3) is 0 Å². The Bertz CT molecular complexity index is 213. The van der Waals surface area contributed by atoms with Crippen LogP contribution in [0, 0.1) is 5.41 Å². The molecule has 1 N–H and O–H groups in total. The van der Waals surface area contributed by atoms with E-state index in [0.29, 0.717) is 5.71 Å². The minimum Gasteiger partial charge on any atom is -0.299 e. The van der Waals surface area contributed by atoms with E-state index in [1.807, 2.05) is 41.1 Å². The van der Waals surface area contributed by atoms with Crippen molar-refractivity contribution in [1.82, 2.24) is 0 Å². The highest BCUT2D eigenvalue weighted by Crippen LogP contribution is 1.98. The molecule has 46 valence electrons. The van der Waals surface area contributed by atoms with Crippen molar-refractivity contribution in [3.8, 4) is 0 Å². The van der Waals surface area contributed by atoms with Gasteiger partial charge in [-0.05, 0) is 12.2 Å². The molecule has 0 bridgehead atoms. The highest BCUT2D eigenvalue weighted by molar-refractivity contribution is 14.1. The lowest BCUT2D eigenvalue weighted by molar-refractivity contribution is 1.54. The van der Waals surface area contributed by atoms with Crippen LogP contribution in [0.4, 0.5) is 0 Å². The molecular formula is C6H5IN2. The molecule has 1 aliphatic carbocycles. The van der Waals surface area contributed by atoms with Crippen molar-refractivity contribution >= 4 is 34.3 Å². The van der Waals surface area contributed by atoms with Crippen LogP contribution in [-0.2, 0) is 0 Å². The molecule has 0 heterocycles. The minimum absolute atomic E-state index is 0.479. The third-order valence-corrected chi connectivity index (χ3v) is 1.51. The Morgan fingerprint density at radius 3 is 2.44 bits per heavy atom. The molecule has 0 radical (unpaired) electrons. The first kappa shape index (κ1) is 6.67. The molecule has 0 aromatic heterocycles. The molecule has 0 aromatic carbocycles. The van der Waals surface area contributed by atoms with Gasteiger partial charge in [-0.2, -0.15) is 0 Å². The van der Waals surface area contributed by atoms with Crippen LogP contribution < -0.4 is 0 Å². The summed E-state index contributed by atoms with van der Waals surface area (Å²) < 4.78 is 3.85. The molecule has 0 atom stereocenters. The first-order valence-electron chi connectivity index (χ1n) is 2.47. The predicted octanol–water partition coefficient (Wildman–Crippen LogP) is 1.92. The Kier molecular flexibility index (Phi) is 2.16. The van der Waals surface area contributed by atoms with Crippen LogP contribution in [0.2, 0.25) is 0 Å². The van der Waals surface area contributed by atoms with Crippen LogP contribution in [0.3, 0.4) is 0 Å². The summed E-state index contributed by atoms with van der Waals surface area (Å²) in [5, 5.41) is 7.27. The summed E-state index contributed by atoms with van der Waals surface area (Å²) in [6.45, 7) is 0. The number of hydrogen-bond donors (Lipinski definition) is 1. The maximum Gasteiger partial charge on any atom is 0.0945 e. The minimum atomic E-state index is 0.479. The molecule has 0 amide bonds. The number of allylic oxidation sites excluding steroid dienone is 4. The van der Waals surface area contributed by atoms with Crippen molar-refractivity contribution in [2.24, 2.45) is 3.21 Å². The Morgan fingerprint density at radius 1 is 1.33 bits per heavy atom. The number of halogens is 1. The number of nitrogens with zero attached hydrogens (tertiary/aromatic N) is 1. The maximum atomic E-state index is 7.27. The van der Waals surface area contributed by atoms with E-state index in [1.54, 1.807) is 6.08 Å². The quantitative estimate of drug-likeness (QED) is 0.489. The second-order valence-corrected chi connectivity index (χ2v) is 2.08. The van der Waals surface area contributed by atoms with E-state index in [4.69, 9.17) is 5.41 Å². The van der Waals surface area contributed by atoms with E-state index in [2.05, 4.69) is 3.21 Å². The summed E-state index contributed by atoms with van der Waals surface area (Å²) in [6.07, 6.45) is 7.23. The van der Waals surface area contributed by atoms with E-state index in [-0.39, 0.29) is 0 Å². The van der Waals surface area contributed by atoms with Gasteiger partial charge in [0.05, 0.1) is 34.3 Å². The average molecular weight is 232 g/mol. The van der Waals surface area contributed by atoms with Gasteiger partial charge in [0.1, 0.15) is 0 Å². The normalized spacial score (nSPS) is 21.4. The third-order valence-electron chi connectivity index (χ3n) is 0.995. The maximum absolute atomic E-state index is 7.27. The van der Waals surface area contributed by atoms with Gasteiger partial charge in [0.25, 0.3) is 0 Å². The van der Waals surface area contributed by atoms with Crippen molar-refractivity contribution in [3.05, 3.63) is 24.3 Å². The Labute approximate surface area is 67.4 Å². The van der Waals surface area contributed by atoms with E-state index in [1.165, 1.54) is 0 Å². The SMILES string of the molecule is N=C1C=CC=C/C1=N\I. The molecule has 0 aliphatic heterocycles. The Balaban J connectivity index is 2.91. The van der Waals surface area contributed by atoms with Crippen LogP contribution >= 0.6 is 22.9 Å². The molecule has 1 rings (SSSR count). The van der Waals surface area contributed by atoms with E-state index >= 15 is 0 Å². The zero-order valence-electron chi connectivity index (χ0n) is 4.63. The fourth-order valence-corrected chi connectivity index (χ4v) is 0.968. The summed E-state index contributed by atoms with van der Waals surface area (Å²) in [5.41, 5.74) is 1.21. The van der Waals surface area contributed by atoms with Gasteiger partial charge in [-0.15, -0.1) is 0 Å². The van der Waals surface area contributed by atoms with E-state index < -0.39 is 0 Å². The smallest absolute Gasteiger partial charge is 0.0945 e. The molecule has 1 aliphatic rings. The lowest BCUT2D eigenvalue weighted by atomic mass is 10.1. The molecule has 0 unspecified atom stereocenters. The molecule has 3 heteroatoms. The average Bonchev–Trinajstić information content (AvgIpc) is 1.89. The lowest BCUT2D eigenvalue weighted by Gasteiger charge is -1.97. The van der Waals surface area contributed by atoms with Gasteiger partial charge in [-0.3, -0.25) is 5.41 Å². The molecule has 0 saturated heterocycles. The summed E-state index contributed by atoms with van der Waals surface area (Å²) >= 11 is 1.88. The zero-order chi connectivity index (χ0) is 6.69. The second-order valence-electron chi connectivity index (χ2n) is 1.60. The van der Waals surface area contributed by atoms with Gasteiger partial charge in [-0.25, -0.2) is 3.21 Å². The fourth-order valence-electron chi connectivity index (χ4n) is 0.547. The summed E-state index contributed by atoms with van der Waals surface area (Å²) in [4.78, 5) is 0. The molecule has 0 spiro atoms. The third kappa shape index (κ3) is 1.48. The molecule has 0 aromatic rings. The van der Waals surface area contributed by atoms with Crippen LogP contribution in [0.5, 0.6) is 0 Å². The second kappa shape index (κ2) is 2.91. The summed E-state index contributed by atoms with van der Waals surface area (Å²) in [5.74, 6) is 0. The number of nitrogens with one attached hydrogen (secondary N) is 1. The first-order valence-corrected chi connectivity index (χ1v) is 3.43. The van der Waals surface area contributed by atoms with Gasteiger partial charge >= 0.3 is 0 Å². The van der Waals surface area contributed by atoms with Crippen molar-refractivity contribution < 1.29 is 0 Å². The molecular weight excluding hydrogens is 227 g/mol. The monoisotopic (exact) mass is 232 g/mol. The standard InChI is InChI=1S/C6H5IN2/c7-9-6-4-2-1-3-5(6)8/h1-4,8H/b8-5?,9-6+. The Morgan fingerprint density at radius 2 is 2.00 bits per heavy atom. The summed E-state index contributed by atoms with van der Waals surface area (Å²) in [6, 6.07) is 0. The predicted molar refractivity (Wildman–Crippen MR) is 47.5 cm³/mol. The lowest BCUT2D eigenvalue weighted by Crippen LogP contribution is -2.07. The van der Waals surface area contributed by atoms with E-state index in [0.717, 1.165) is 5.71 Å². The zero-order valence-corrected chi connectivity index (χ0v) is 6.79. The van der Waals surface area contributed by atoms with Gasteiger partial charge in [-0.1, -0.05) is 12.2 Å². The molecule has 2 nitrogen and oxygen atoms in total. The van der Waals surface area contributed by atoms with Crippen LogP contribution in [0.15, 0.2) is 27.5 Å². The highest BCUT2D eigenvalue weighted by atomic mass is 127. The molecule has 0 saturated carbocycles. The Hall–Kier alpha value is -0.450. The van der Waals surface area contributed by atoms with Gasteiger partial charge < -0.3 is 0 Å². The highest BCUT2D eigenvalue weighted by Gasteiger charge is 2.00. The number of hydrogen-bond acceptors (Lipinski definition) is 2. The number of rotatable bonds is 0. The largest absolute Gasteiger partial charge is 0.299 e. The van der Waals surface area contributed by atoms with Crippen molar-refractivity contribution in [3.63, 3.8) is 0 Å². The van der Waals surface area contributed by atoms with E-state index in [9.17, 15) is 0 Å². The van der Waals surface area contributed by atoms with Gasteiger partial charge in [0.15, 0.2) is 0 Å². The van der Waals surface area contributed by atoms with Gasteiger partial charge in [0, 0.05) is 0 Å². The van der Waals surface area contributed by atoms with Crippen molar-refractivity contribution in [2.75, 3.05) is 0 Å². The first-order chi connectivity index (χ1) is 4.34. The van der Waals surface area contributed by atoms with Crippen LogP contribution in [-0.4, -0.2) is 11.4 Å². The van der Waals surface area contributed by atoms with Crippen LogP contribution in [0.1, 0.15) is 0 Å². The fraction of sp³-hybridized carbons (Fsp3) is 0.